The molecule has 0 aliphatic heterocycles. The maximum Gasteiger partial charge on any atom is 0.320 e. The van der Waals surface area contributed by atoms with Gasteiger partial charge in [-0.3, -0.25) is 9.69 Å². The summed E-state index contributed by atoms with van der Waals surface area (Å²) in [5.41, 5.74) is 2.46. The normalized spacial score (nSPS) is 12.6. The molecule has 3 nitrogen and oxygen atoms in total. The first-order valence-corrected chi connectivity index (χ1v) is 7.38. The van der Waals surface area contributed by atoms with Crippen molar-refractivity contribution < 1.29 is 9.90 Å². The van der Waals surface area contributed by atoms with Gasteiger partial charge in [-0.05, 0) is 38.6 Å². The Morgan fingerprint density at radius 3 is 2.50 bits per heavy atom. The number of hydrogen-bond donors (Lipinski definition) is 1. The molecule has 0 saturated carbocycles. The molecule has 106 valence electrons. The van der Waals surface area contributed by atoms with E-state index in [2.05, 4.69) is 43.3 Å². The molecule has 0 spiro atoms. The number of thiophene rings is 1. The monoisotopic (exact) mass is 289 g/mol. The SMILES string of the molecule is Cc1ccc(-c2ccc(CN(C)C(C)C(=O)O)s2)cc1. The summed E-state index contributed by atoms with van der Waals surface area (Å²) in [5.74, 6) is -0.789. The van der Waals surface area contributed by atoms with E-state index >= 15 is 0 Å². The van der Waals surface area contributed by atoms with Crippen LogP contribution in [0.15, 0.2) is 36.4 Å². The molecule has 0 amide bonds. The van der Waals surface area contributed by atoms with Gasteiger partial charge in [-0.25, -0.2) is 0 Å². The second-order valence-corrected chi connectivity index (χ2v) is 6.23. The van der Waals surface area contributed by atoms with Crippen LogP contribution in [0.3, 0.4) is 0 Å². The Morgan fingerprint density at radius 1 is 1.25 bits per heavy atom. The van der Waals surface area contributed by atoms with Gasteiger partial charge >= 0.3 is 5.97 Å². The lowest BCUT2D eigenvalue weighted by Crippen LogP contribution is -2.34. The Bertz CT molecular complexity index is 589. The largest absolute Gasteiger partial charge is 0.480 e. The van der Waals surface area contributed by atoms with E-state index in [1.54, 1.807) is 18.3 Å². The molecule has 0 aliphatic carbocycles. The molecule has 20 heavy (non-hydrogen) atoms. The van der Waals surface area contributed by atoms with Crippen LogP contribution in [0.5, 0.6) is 0 Å². The summed E-state index contributed by atoms with van der Waals surface area (Å²) in [6.45, 7) is 4.44. The molecule has 0 fully saturated rings. The smallest absolute Gasteiger partial charge is 0.320 e. The van der Waals surface area contributed by atoms with Gasteiger partial charge in [0.15, 0.2) is 0 Å². The van der Waals surface area contributed by atoms with Crippen molar-refractivity contribution in [2.75, 3.05) is 7.05 Å². The van der Waals surface area contributed by atoms with E-state index in [0.717, 1.165) is 0 Å². The lowest BCUT2D eigenvalue weighted by molar-refractivity contribution is -0.142. The van der Waals surface area contributed by atoms with Crippen molar-refractivity contribution in [3.8, 4) is 10.4 Å². The van der Waals surface area contributed by atoms with Crippen LogP contribution in [0.2, 0.25) is 0 Å². The average molecular weight is 289 g/mol. The van der Waals surface area contributed by atoms with Crippen molar-refractivity contribution in [2.45, 2.75) is 26.4 Å². The fourth-order valence-corrected chi connectivity index (χ4v) is 2.98. The fraction of sp³-hybridized carbons (Fsp3) is 0.312. The zero-order chi connectivity index (χ0) is 14.7. The van der Waals surface area contributed by atoms with Crippen LogP contribution < -0.4 is 0 Å². The number of likely N-dealkylation sites (N-methyl/N-ethyl adjacent to an activating group) is 1. The first-order valence-electron chi connectivity index (χ1n) is 6.56. The van der Waals surface area contributed by atoms with E-state index in [-0.39, 0.29) is 0 Å². The molecule has 1 heterocycles. The second kappa shape index (κ2) is 6.20. The van der Waals surface area contributed by atoms with Gasteiger partial charge in [0.2, 0.25) is 0 Å². The molecule has 0 radical (unpaired) electrons. The molecule has 2 aromatic rings. The first kappa shape index (κ1) is 14.8. The van der Waals surface area contributed by atoms with E-state index in [0.29, 0.717) is 6.54 Å². The number of benzene rings is 1. The molecule has 0 bridgehead atoms. The molecule has 1 N–H and O–H groups in total. The highest BCUT2D eigenvalue weighted by Gasteiger charge is 2.17. The molecule has 0 saturated heterocycles. The average Bonchev–Trinajstić information content (AvgIpc) is 2.87. The standard InChI is InChI=1S/C16H19NO2S/c1-11-4-6-13(7-5-11)15-9-8-14(20-15)10-17(3)12(2)16(18)19/h4-9,12H,10H2,1-3H3,(H,18,19). The van der Waals surface area contributed by atoms with Crippen molar-refractivity contribution >= 4 is 17.3 Å². The van der Waals surface area contributed by atoms with Crippen molar-refractivity contribution in [2.24, 2.45) is 0 Å². The van der Waals surface area contributed by atoms with Crippen molar-refractivity contribution in [1.29, 1.82) is 0 Å². The van der Waals surface area contributed by atoms with E-state index in [1.807, 2.05) is 11.9 Å². The number of carbonyl (C=O) groups is 1. The zero-order valence-corrected chi connectivity index (χ0v) is 12.8. The quantitative estimate of drug-likeness (QED) is 0.913. The highest BCUT2D eigenvalue weighted by molar-refractivity contribution is 7.15. The van der Waals surface area contributed by atoms with Crippen LogP contribution in [0.4, 0.5) is 0 Å². The number of aliphatic carboxylic acids is 1. The van der Waals surface area contributed by atoms with Crippen molar-refractivity contribution in [1.82, 2.24) is 4.90 Å². The van der Waals surface area contributed by atoms with Gasteiger partial charge in [0.1, 0.15) is 6.04 Å². The molecule has 4 heteroatoms. The summed E-state index contributed by atoms with van der Waals surface area (Å²) in [6, 6.07) is 12.2. The van der Waals surface area contributed by atoms with Crippen LogP contribution in [0.1, 0.15) is 17.4 Å². The second-order valence-electron chi connectivity index (χ2n) is 5.06. The summed E-state index contributed by atoms with van der Waals surface area (Å²) < 4.78 is 0. The van der Waals surface area contributed by atoms with Crippen molar-refractivity contribution in [3.05, 3.63) is 46.8 Å². The predicted molar refractivity (Wildman–Crippen MR) is 83.1 cm³/mol. The Labute approximate surface area is 123 Å². The third-order valence-electron chi connectivity index (χ3n) is 3.42. The summed E-state index contributed by atoms with van der Waals surface area (Å²) in [7, 11) is 1.84. The first-order chi connectivity index (χ1) is 9.47. The Kier molecular flexibility index (Phi) is 4.57. The minimum absolute atomic E-state index is 0.472. The Morgan fingerprint density at radius 2 is 1.90 bits per heavy atom. The molecule has 1 unspecified atom stereocenters. The lowest BCUT2D eigenvalue weighted by atomic mass is 10.1. The van der Waals surface area contributed by atoms with Gasteiger partial charge in [-0.2, -0.15) is 0 Å². The molecule has 1 aromatic carbocycles. The minimum atomic E-state index is -0.789. The molecular formula is C16H19NO2S. The summed E-state index contributed by atoms with van der Waals surface area (Å²) in [5, 5.41) is 9.00. The summed E-state index contributed by atoms with van der Waals surface area (Å²) >= 11 is 1.71. The maximum atomic E-state index is 11.0. The Balaban J connectivity index is 2.09. The van der Waals surface area contributed by atoms with Crippen molar-refractivity contribution in [3.63, 3.8) is 0 Å². The number of carboxylic acid groups (broad SMARTS) is 1. The third kappa shape index (κ3) is 3.46. The third-order valence-corrected chi connectivity index (χ3v) is 4.54. The molecular weight excluding hydrogens is 270 g/mol. The minimum Gasteiger partial charge on any atom is -0.480 e. The van der Waals surface area contributed by atoms with E-state index in [1.165, 1.54) is 20.9 Å². The number of aryl methyl sites for hydroxylation is 1. The van der Waals surface area contributed by atoms with E-state index < -0.39 is 12.0 Å². The van der Waals surface area contributed by atoms with Crippen LogP contribution >= 0.6 is 11.3 Å². The topological polar surface area (TPSA) is 40.5 Å². The highest BCUT2D eigenvalue weighted by Crippen LogP contribution is 2.29. The fourth-order valence-electron chi connectivity index (χ4n) is 1.91. The van der Waals surface area contributed by atoms with Crippen LogP contribution in [-0.2, 0) is 11.3 Å². The van der Waals surface area contributed by atoms with Gasteiger partial charge in [0, 0.05) is 16.3 Å². The predicted octanol–water partition coefficient (Wildman–Crippen LogP) is 3.63. The van der Waals surface area contributed by atoms with Gasteiger partial charge in [-0.1, -0.05) is 29.8 Å². The van der Waals surface area contributed by atoms with Gasteiger partial charge < -0.3 is 5.11 Å². The summed E-state index contributed by atoms with van der Waals surface area (Å²) in [4.78, 5) is 15.2. The number of carboxylic acids is 1. The molecule has 1 atom stereocenters. The van der Waals surface area contributed by atoms with Crippen LogP contribution in [-0.4, -0.2) is 29.1 Å². The van der Waals surface area contributed by atoms with E-state index in [9.17, 15) is 4.79 Å². The molecule has 2 rings (SSSR count). The number of rotatable bonds is 5. The number of hydrogen-bond acceptors (Lipinski definition) is 3. The molecule has 1 aromatic heterocycles. The lowest BCUT2D eigenvalue weighted by Gasteiger charge is -2.19. The Hall–Kier alpha value is -1.65. The zero-order valence-electron chi connectivity index (χ0n) is 12.0. The van der Waals surface area contributed by atoms with Crippen LogP contribution in [0, 0.1) is 6.92 Å². The maximum absolute atomic E-state index is 11.0. The summed E-state index contributed by atoms with van der Waals surface area (Å²) in [6.07, 6.45) is 0. The highest BCUT2D eigenvalue weighted by atomic mass is 32.1. The van der Waals surface area contributed by atoms with Gasteiger partial charge in [0.05, 0.1) is 0 Å². The molecule has 0 aliphatic rings. The van der Waals surface area contributed by atoms with Gasteiger partial charge in [0.25, 0.3) is 0 Å². The van der Waals surface area contributed by atoms with E-state index in [4.69, 9.17) is 5.11 Å². The number of nitrogens with zero attached hydrogens (tertiary/aromatic N) is 1. The van der Waals surface area contributed by atoms with Gasteiger partial charge in [-0.15, -0.1) is 11.3 Å². The van der Waals surface area contributed by atoms with Crippen LogP contribution in [0.25, 0.3) is 10.4 Å².